The number of nitrogens with one attached hydrogen (secondary N) is 1. The smallest absolute Gasteiger partial charge is 0.0701 e. The third-order valence-corrected chi connectivity index (χ3v) is 3.20. The van der Waals surface area contributed by atoms with Crippen molar-refractivity contribution in [3.8, 4) is 0 Å². The summed E-state index contributed by atoms with van der Waals surface area (Å²) in [5, 5.41) is 3.49. The zero-order chi connectivity index (χ0) is 13.1. The molecule has 0 spiro atoms. The molecule has 5 nitrogen and oxygen atoms in total. The van der Waals surface area contributed by atoms with Crippen LogP contribution in [-0.2, 0) is 18.9 Å². The maximum absolute atomic E-state index is 5.47. The first-order valence-electron chi connectivity index (χ1n) is 6.77. The Morgan fingerprint density at radius 1 is 0.944 bits per heavy atom. The van der Waals surface area contributed by atoms with Crippen LogP contribution in [0.3, 0.4) is 0 Å². The molecule has 0 saturated heterocycles. The molecule has 0 amide bonds. The molecular weight excluding hydrogens is 234 g/mol. The maximum Gasteiger partial charge on any atom is 0.0701 e. The Morgan fingerprint density at radius 3 is 2.33 bits per heavy atom. The Labute approximate surface area is 110 Å². The van der Waals surface area contributed by atoms with Crippen LogP contribution in [0.4, 0.5) is 0 Å². The molecule has 0 heterocycles. The Hall–Kier alpha value is -0.200. The zero-order valence-electron chi connectivity index (χ0n) is 11.7. The predicted octanol–water partition coefficient (Wildman–Crippen LogP) is 0.823. The highest BCUT2D eigenvalue weighted by atomic mass is 16.5. The van der Waals surface area contributed by atoms with Gasteiger partial charge >= 0.3 is 0 Å². The van der Waals surface area contributed by atoms with Gasteiger partial charge in [0.15, 0.2) is 0 Å². The molecule has 5 heteroatoms. The average molecular weight is 261 g/mol. The van der Waals surface area contributed by atoms with Gasteiger partial charge in [0.1, 0.15) is 0 Å². The van der Waals surface area contributed by atoms with Crippen molar-refractivity contribution in [2.75, 3.05) is 53.8 Å². The van der Waals surface area contributed by atoms with Crippen LogP contribution in [0.25, 0.3) is 0 Å². The Kier molecular flexibility index (Phi) is 9.42. The first-order chi connectivity index (χ1) is 8.86. The SMILES string of the molecule is COCCOCCOCCNC1CCC(OC)C1. The molecule has 1 aliphatic rings. The van der Waals surface area contributed by atoms with E-state index in [0.29, 0.717) is 38.6 Å². The molecule has 2 unspecified atom stereocenters. The summed E-state index contributed by atoms with van der Waals surface area (Å²) in [4.78, 5) is 0. The van der Waals surface area contributed by atoms with E-state index in [-0.39, 0.29) is 0 Å². The summed E-state index contributed by atoms with van der Waals surface area (Å²) in [5.74, 6) is 0. The fourth-order valence-corrected chi connectivity index (χ4v) is 2.14. The van der Waals surface area contributed by atoms with Crippen LogP contribution in [0.2, 0.25) is 0 Å². The Bertz CT molecular complexity index is 192. The van der Waals surface area contributed by atoms with Gasteiger partial charge in [-0.15, -0.1) is 0 Å². The quantitative estimate of drug-likeness (QED) is 0.558. The second-order valence-corrected chi connectivity index (χ2v) is 4.54. The molecule has 108 valence electrons. The van der Waals surface area contributed by atoms with Gasteiger partial charge in [-0.3, -0.25) is 0 Å². The summed E-state index contributed by atoms with van der Waals surface area (Å²) in [7, 11) is 3.46. The van der Waals surface area contributed by atoms with E-state index in [4.69, 9.17) is 18.9 Å². The Morgan fingerprint density at radius 2 is 1.67 bits per heavy atom. The molecule has 0 aromatic rings. The van der Waals surface area contributed by atoms with E-state index in [9.17, 15) is 0 Å². The van der Waals surface area contributed by atoms with Crippen LogP contribution in [0, 0.1) is 0 Å². The highest BCUT2D eigenvalue weighted by molar-refractivity contribution is 4.80. The molecule has 2 atom stereocenters. The van der Waals surface area contributed by atoms with Gasteiger partial charge < -0.3 is 24.3 Å². The van der Waals surface area contributed by atoms with E-state index >= 15 is 0 Å². The molecule has 0 aromatic carbocycles. The summed E-state index contributed by atoms with van der Waals surface area (Å²) < 4.78 is 21.0. The third-order valence-electron chi connectivity index (χ3n) is 3.20. The van der Waals surface area contributed by atoms with E-state index in [0.717, 1.165) is 19.6 Å². The van der Waals surface area contributed by atoms with Crippen LogP contribution in [0.5, 0.6) is 0 Å². The molecule has 1 fully saturated rings. The number of methoxy groups -OCH3 is 2. The van der Waals surface area contributed by atoms with E-state index in [1.54, 1.807) is 14.2 Å². The molecule has 0 aromatic heterocycles. The summed E-state index contributed by atoms with van der Waals surface area (Å²) in [6, 6.07) is 0.594. The van der Waals surface area contributed by atoms with Gasteiger partial charge in [0.05, 0.1) is 39.1 Å². The van der Waals surface area contributed by atoms with Crippen molar-refractivity contribution in [2.45, 2.75) is 31.4 Å². The van der Waals surface area contributed by atoms with E-state index in [1.807, 2.05) is 0 Å². The predicted molar refractivity (Wildman–Crippen MR) is 70.0 cm³/mol. The Balaban J connectivity index is 1.79. The second kappa shape index (κ2) is 10.7. The van der Waals surface area contributed by atoms with Crippen molar-refractivity contribution in [3.05, 3.63) is 0 Å². The minimum Gasteiger partial charge on any atom is -0.382 e. The molecule has 18 heavy (non-hydrogen) atoms. The maximum atomic E-state index is 5.47. The molecular formula is C13H27NO4. The number of rotatable bonds is 11. The van der Waals surface area contributed by atoms with Gasteiger partial charge in [-0.25, -0.2) is 0 Å². The van der Waals surface area contributed by atoms with E-state index < -0.39 is 0 Å². The van der Waals surface area contributed by atoms with Gasteiger partial charge in [0, 0.05) is 26.8 Å². The largest absolute Gasteiger partial charge is 0.382 e. The first-order valence-corrected chi connectivity index (χ1v) is 6.77. The van der Waals surface area contributed by atoms with Crippen LogP contribution in [0.1, 0.15) is 19.3 Å². The summed E-state index contributed by atoms with van der Waals surface area (Å²) in [6.45, 7) is 4.21. The van der Waals surface area contributed by atoms with Crippen molar-refractivity contribution in [3.63, 3.8) is 0 Å². The average Bonchev–Trinajstić information content (AvgIpc) is 2.85. The molecule has 0 aliphatic heterocycles. The molecule has 1 aliphatic carbocycles. The summed E-state index contributed by atoms with van der Waals surface area (Å²) >= 11 is 0. The molecule has 1 rings (SSSR count). The fourth-order valence-electron chi connectivity index (χ4n) is 2.14. The van der Waals surface area contributed by atoms with E-state index in [2.05, 4.69) is 5.32 Å². The van der Waals surface area contributed by atoms with Crippen molar-refractivity contribution in [1.29, 1.82) is 0 Å². The van der Waals surface area contributed by atoms with Crippen LogP contribution >= 0.6 is 0 Å². The molecule has 1 N–H and O–H groups in total. The second-order valence-electron chi connectivity index (χ2n) is 4.54. The lowest BCUT2D eigenvalue weighted by molar-refractivity contribution is 0.0251. The van der Waals surface area contributed by atoms with Crippen molar-refractivity contribution in [2.24, 2.45) is 0 Å². The topological polar surface area (TPSA) is 49.0 Å². The van der Waals surface area contributed by atoms with Crippen molar-refractivity contribution >= 4 is 0 Å². The van der Waals surface area contributed by atoms with Gasteiger partial charge in [0.25, 0.3) is 0 Å². The highest BCUT2D eigenvalue weighted by Gasteiger charge is 2.23. The zero-order valence-corrected chi connectivity index (χ0v) is 11.7. The number of hydrogen-bond donors (Lipinski definition) is 1. The van der Waals surface area contributed by atoms with Gasteiger partial charge in [-0.1, -0.05) is 0 Å². The first kappa shape index (κ1) is 15.9. The van der Waals surface area contributed by atoms with Crippen LogP contribution < -0.4 is 5.32 Å². The highest BCUT2D eigenvalue weighted by Crippen LogP contribution is 2.20. The van der Waals surface area contributed by atoms with Gasteiger partial charge in [-0.2, -0.15) is 0 Å². The molecule has 0 radical (unpaired) electrons. The lowest BCUT2D eigenvalue weighted by atomic mass is 10.2. The fraction of sp³-hybridized carbons (Fsp3) is 1.00. The van der Waals surface area contributed by atoms with E-state index in [1.165, 1.54) is 12.8 Å². The van der Waals surface area contributed by atoms with Crippen molar-refractivity contribution < 1.29 is 18.9 Å². The lowest BCUT2D eigenvalue weighted by Crippen LogP contribution is -2.30. The standard InChI is InChI=1S/C13H27NO4/c1-15-7-8-18-10-9-17-6-5-14-12-3-4-13(11-12)16-2/h12-14H,3-11H2,1-2H3. The third kappa shape index (κ3) is 7.28. The van der Waals surface area contributed by atoms with Crippen LogP contribution in [-0.4, -0.2) is 65.9 Å². The minimum absolute atomic E-state index is 0.442. The molecule has 0 bridgehead atoms. The summed E-state index contributed by atoms with van der Waals surface area (Å²) in [5.41, 5.74) is 0. The number of ether oxygens (including phenoxy) is 4. The number of hydrogen-bond acceptors (Lipinski definition) is 5. The van der Waals surface area contributed by atoms with Crippen molar-refractivity contribution in [1.82, 2.24) is 5.32 Å². The van der Waals surface area contributed by atoms with Gasteiger partial charge in [-0.05, 0) is 19.3 Å². The van der Waals surface area contributed by atoms with Gasteiger partial charge in [0.2, 0.25) is 0 Å². The minimum atomic E-state index is 0.442. The lowest BCUT2D eigenvalue weighted by Gasteiger charge is -2.12. The molecule has 1 saturated carbocycles. The normalized spacial score (nSPS) is 23.7. The van der Waals surface area contributed by atoms with Crippen LogP contribution in [0.15, 0.2) is 0 Å². The monoisotopic (exact) mass is 261 g/mol. The summed E-state index contributed by atoms with van der Waals surface area (Å²) in [6.07, 6.45) is 3.94.